The van der Waals surface area contributed by atoms with Gasteiger partial charge in [0.15, 0.2) is 0 Å². The zero-order valence-electron chi connectivity index (χ0n) is 9.88. The maximum Gasteiger partial charge on any atom is 0.141 e. The topological polar surface area (TPSA) is 50.9 Å². The number of pyridine rings is 1. The summed E-state index contributed by atoms with van der Waals surface area (Å²) in [7, 11) is 0. The van der Waals surface area contributed by atoms with Crippen LogP contribution in [0.4, 0.5) is 4.39 Å². The lowest BCUT2D eigenvalue weighted by atomic mass is 10.2. The lowest BCUT2D eigenvalue weighted by Gasteiger charge is -2.02. The van der Waals surface area contributed by atoms with Crippen LogP contribution >= 0.6 is 0 Å². The summed E-state index contributed by atoms with van der Waals surface area (Å²) in [5.74, 6) is 0.322. The number of halogens is 1. The Morgan fingerprint density at radius 3 is 2.78 bits per heavy atom. The molecule has 1 fully saturated rings. The van der Waals surface area contributed by atoms with Gasteiger partial charge in [-0.15, -0.1) is 0 Å². The van der Waals surface area contributed by atoms with E-state index >= 15 is 0 Å². The number of nitrogens with zero attached hydrogens (tertiary/aromatic N) is 3. The molecule has 5 heteroatoms. The molecule has 0 amide bonds. The first kappa shape index (κ1) is 11.3. The van der Waals surface area contributed by atoms with Crippen LogP contribution in [-0.4, -0.2) is 19.9 Å². The van der Waals surface area contributed by atoms with Gasteiger partial charge in [0.25, 0.3) is 0 Å². The molecule has 18 heavy (non-hydrogen) atoms. The molecule has 94 valence electrons. The van der Waals surface area contributed by atoms with E-state index in [-0.39, 0.29) is 12.4 Å². The van der Waals surface area contributed by atoms with Crippen LogP contribution in [-0.2, 0) is 13.2 Å². The molecule has 1 aliphatic carbocycles. The molecule has 0 saturated heterocycles. The highest BCUT2D eigenvalue weighted by atomic mass is 19.1. The molecule has 3 rings (SSSR count). The van der Waals surface area contributed by atoms with E-state index < -0.39 is 0 Å². The third-order valence-corrected chi connectivity index (χ3v) is 3.14. The molecule has 4 nitrogen and oxygen atoms in total. The van der Waals surface area contributed by atoms with Crippen molar-refractivity contribution in [1.82, 2.24) is 14.8 Å². The Hall–Kier alpha value is -1.75. The highest BCUT2D eigenvalue weighted by Gasteiger charge is 2.23. The van der Waals surface area contributed by atoms with E-state index in [9.17, 15) is 9.50 Å². The average Bonchev–Trinajstić information content (AvgIpc) is 3.09. The molecule has 2 aromatic rings. The maximum absolute atomic E-state index is 12.8. The van der Waals surface area contributed by atoms with Crippen molar-refractivity contribution in [3.8, 4) is 11.4 Å². The molecule has 0 spiro atoms. The van der Waals surface area contributed by atoms with Gasteiger partial charge in [-0.05, 0) is 37.0 Å². The third-order valence-electron chi connectivity index (χ3n) is 3.14. The van der Waals surface area contributed by atoms with Crippen molar-refractivity contribution in [3.63, 3.8) is 0 Å². The van der Waals surface area contributed by atoms with E-state index in [2.05, 4.69) is 10.1 Å². The van der Waals surface area contributed by atoms with Gasteiger partial charge in [-0.1, -0.05) is 0 Å². The van der Waals surface area contributed by atoms with E-state index in [1.165, 1.54) is 25.1 Å². The Bertz CT molecular complexity index is 546. The Labute approximate surface area is 104 Å². The molecule has 0 aromatic carbocycles. The molecular weight excluding hydrogens is 233 g/mol. The number of aliphatic hydroxyl groups is 1. The maximum atomic E-state index is 12.8. The second kappa shape index (κ2) is 4.49. The van der Waals surface area contributed by atoms with Gasteiger partial charge in [-0.3, -0.25) is 9.67 Å². The van der Waals surface area contributed by atoms with Crippen LogP contribution in [0.15, 0.2) is 24.4 Å². The molecule has 1 N–H and O–H groups in total. The lowest BCUT2D eigenvalue weighted by molar-refractivity contribution is 0.266. The van der Waals surface area contributed by atoms with Crippen LogP contribution in [0, 0.1) is 11.7 Å². The number of aromatic nitrogens is 3. The number of hydrogen-bond donors (Lipinski definition) is 1. The minimum absolute atomic E-state index is 0.0408. The van der Waals surface area contributed by atoms with E-state index in [1.54, 1.807) is 6.07 Å². The summed E-state index contributed by atoms with van der Waals surface area (Å²) in [6, 6.07) is 4.77. The van der Waals surface area contributed by atoms with Crippen LogP contribution in [0.3, 0.4) is 0 Å². The van der Waals surface area contributed by atoms with Crippen LogP contribution in [0.1, 0.15) is 18.5 Å². The van der Waals surface area contributed by atoms with Crippen molar-refractivity contribution >= 4 is 0 Å². The minimum atomic E-state index is -0.362. The van der Waals surface area contributed by atoms with Gasteiger partial charge in [-0.2, -0.15) is 5.10 Å². The van der Waals surface area contributed by atoms with Gasteiger partial charge in [0.05, 0.1) is 24.2 Å². The minimum Gasteiger partial charge on any atom is -0.390 e. The van der Waals surface area contributed by atoms with Gasteiger partial charge >= 0.3 is 0 Å². The molecule has 0 bridgehead atoms. The number of hydrogen-bond acceptors (Lipinski definition) is 3. The number of aliphatic hydroxyl groups excluding tert-OH is 1. The predicted molar refractivity (Wildman–Crippen MR) is 64.1 cm³/mol. The molecule has 2 aromatic heterocycles. The molecule has 2 heterocycles. The fraction of sp³-hybridized carbons (Fsp3) is 0.385. The summed E-state index contributed by atoms with van der Waals surface area (Å²) >= 11 is 0. The Kier molecular flexibility index (Phi) is 2.83. The Balaban J connectivity index is 1.91. The van der Waals surface area contributed by atoms with Gasteiger partial charge in [0, 0.05) is 6.54 Å². The summed E-state index contributed by atoms with van der Waals surface area (Å²) in [4.78, 5) is 4.00. The zero-order valence-corrected chi connectivity index (χ0v) is 9.88. The standard InChI is InChI=1S/C13H14FN3O/c14-10-3-4-12(15-6-10)13-5-11(8-18)17(16-13)7-9-1-2-9/h3-6,9,18H,1-2,7-8H2. The van der Waals surface area contributed by atoms with Crippen molar-refractivity contribution < 1.29 is 9.50 Å². The Morgan fingerprint density at radius 2 is 2.17 bits per heavy atom. The van der Waals surface area contributed by atoms with E-state index in [0.29, 0.717) is 17.3 Å². The van der Waals surface area contributed by atoms with Gasteiger partial charge in [0.1, 0.15) is 11.5 Å². The van der Waals surface area contributed by atoms with Crippen LogP contribution in [0.25, 0.3) is 11.4 Å². The first-order valence-corrected chi connectivity index (χ1v) is 6.06. The number of rotatable bonds is 4. The summed E-state index contributed by atoms with van der Waals surface area (Å²) in [5, 5.41) is 13.7. The second-order valence-corrected chi connectivity index (χ2v) is 4.67. The largest absolute Gasteiger partial charge is 0.390 e. The van der Waals surface area contributed by atoms with Crippen molar-refractivity contribution in [2.24, 2.45) is 5.92 Å². The van der Waals surface area contributed by atoms with E-state index in [4.69, 9.17) is 0 Å². The Morgan fingerprint density at radius 1 is 1.33 bits per heavy atom. The summed E-state index contributed by atoms with van der Waals surface area (Å²) in [6.07, 6.45) is 3.64. The fourth-order valence-corrected chi connectivity index (χ4v) is 1.94. The molecule has 1 aliphatic rings. The highest BCUT2D eigenvalue weighted by Crippen LogP contribution is 2.31. The summed E-state index contributed by atoms with van der Waals surface area (Å²) in [6.45, 7) is 0.804. The van der Waals surface area contributed by atoms with E-state index in [0.717, 1.165) is 12.2 Å². The normalized spacial score (nSPS) is 15.0. The quantitative estimate of drug-likeness (QED) is 0.898. The highest BCUT2D eigenvalue weighted by molar-refractivity contribution is 5.53. The van der Waals surface area contributed by atoms with E-state index in [1.807, 2.05) is 10.7 Å². The summed E-state index contributed by atoms with van der Waals surface area (Å²) in [5.41, 5.74) is 2.09. The predicted octanol–water partition coefficient (Wildman–Crippen LogP) is 1.99. The van der Waals surface area contributed by atoms with Crippen LogP contribution in [0.2, 0.25) is 0 Å². The first-order chi connectivity index (χ1) is 8.76. The molecule has 1 saturated carbocycles. The van der Waals surface area contributed by atoms with Gasteiger partial charge in [-0.25, -0.2) is 4.39 Å². The third kappa shape index (κ3) is 2.26. The molecule has 0 unspecified atom stereocenters. The zero-order chi connectivity index (χ0) is 12.5. The lowest BCUT2D eigenvalue weighted by Crippen LogP contribution is -2.06. The van der Waals surface area contributed by atoms with Crippen LogP contribution < -0.4 is 0 Å². The van der Waals surface area contributed by atoms with Gasteiger partial charge < -0.3 is 5.11 Å². The monoisotopic (exact) mass is 247 g/mol. The average molecular weight is 247 g/mol. The molecule has 0 atom stereocenters. The van der Waals surface area contributed by atoms with Crippen molar-refractivity contribution in [1.29, 1.82) is 0 Å². The van der Waals surface area contributed by atoms with Crippen molar-refractivity contribution in [2.45, 2.75) is 26.0 Å². The summed E-state index contributed by atoms with van der Waals surface area (Å²) < 4.78 is 14.6. The first-order valence-electron chi connectivity index (χ1n) is 6.06. The smallest absolute Gasteiger partial charge is 0.141 e. The van der Waals surface area contributed by atoms with Crippen molar-refractivity contribution in [2.75, 3.05) is 0 Å². The second-order valence-electron chi connectivity index (χ2n) is 4.67. The van der Waals surface area contributed by atoms with Crippen molar-refractivity contribution in [3.05, 3.63) is 35.9 Å². The fourth-order valence-electron chi connectivity index (χ4n) is 1.94. The van der Waals surface area contributed by atoms with Crippen LogP contribution in [0.5, 0.6) is 0 Å². The molecule has 0 radical (unpaired) electrons. The SMILES string of the molecule is OCc1cc(-c2ccc(F)cn2)nn1CC1CC1. The molecular formula is C13H14FN3O. The molecule has 0 aliphatic heterocycles. The van der Waals surface area contributed by atoms with Gasteiger partial charge in [0.2, 0.25) is 0 Å².